The number of unbranched alkanes of at least 4 members (excludes halogenated alkanes) is 11. The number of nitrogens with zero attached hydrogens (tertiary/aromatic N) is 2. The Labute approximate surface area is 272 Å². The van der Waals surface area contributed by atoms with Crippen molar-refractivity contribution in [2.24, 2.45) is 5.92 Å². The van der Waals surface area contributed by atoms with Crippen molar-refractivity contribution in [1.29, 1.82) is 0 Å². The molecule has 0 saturated carbocycles. The molecule has 4 aromatic rings. The zero-order valence-corrected chi connectivity index (χ0v) is 28.3. The Balaban J connectivity index is 1.43. The number of aromatic hydroxyl groups is 1. The summed E-state index contributed by atoms with van der Waals surface area (Å²) in [5.41, 5.74) is 1.78. The van der Waals surface area contributed by atoms with Crippen molar-refractivity contribution in [3.63, 3.8) is 0 Å². The highest BCUT2D eigenvalue weighted by Crippen LogP contribution is 2.34. The molecule has 2 aromatic carbocycles. The van der Waals surface area contributed by atoms with Crippen LogP contribution < -0.4 is 10.9 Å². The van der Waals surface area contributed by atoms with E-state index in [-0.39, 0.29) is 11.3 Å². The molecule has 0 unspecified atom stereocenters. The summed E-state index contributed by atoms with van der Waals surface area (Å²) in [5, 5.41) is 14.9. The highest BCUT2D eigenvalue weighted by Gasteiger charge is 2.24. The van der Waals surface area contributed by atoms with E-state index in [2.05, 4.69) is 26.1 Å². The number of fused-ring (bicyclic) bond motifs is 1. The summed E-state index contributed by atoms with van der Waals surface area (Å²) >= 11 is 1.46. The minimum Gasteiger partial charge on any atom is -0.506 e. The van der Waals surface area contributed by atoms with Gasteiger partial charge in [-0.3, -0.25) is 14.9 Å². The number of rotatable bonds is 19. The van der Waals surface area contributed by atoms with Gasteiger partial charge in [-0.05, 0) is 37.3 Å². The first-order valence-electron chi connectivity index (χ1n) is 17.1. The Kier molecular flexibility index (Phi) is 13.7. The first kappa shape index (κ1) is 34.4. The number of pyridine rings is 1. The molecule has 0 saturated heterocycles. The SMILES string of the molecule is CCCCCCCCCCCCCCc1sc(NC(=O)c2c(O)c3ccccc3n(CCC(C)C)c2=O)nc1-c1ccccc1. The van der Waals surface area contributed by atoms with Gasteiger partial charge >= 0.3 is 0 Å². The molecule has 2 aromatic heterocycles. The number of aromatic nitrogens is 2. The van der Waals surface area contributed by atoms with E-state index in [1.54, 1.807) is 16.7 Å². The van der Waals surface area contributed by atoms with E-state index in [0.29, 0.717) is 28.5 Å². The summed E-state index contributed by atoms with van der Waals surface area (Å²) in [6.07, 6.45) is 17.3. The lowest BCUT2D eigenvalue weighted by molar-refractivity contribution is 0.102. The zero-order valence-electron chi connectivity index (χ0n) is 27.4. The molecule has 0 fully saturated rings. The van der Waals surface area contributed by atoms with Crippen LogP contribution in [0.4, 0.5) is 5.13 Å². The Bertz CT molecular complexity index is 1560. The molecule has 0 aliphatic carbocycles. The monoisotopic (exact) mass is 629 g/mol. The average molecular weight is 630 g/mol. The molecule has 0 spiro atoms. The van der Waals surface area contributed by atoms with Crippen molar-refractivity contribution in [3.8, 4) is 17.0 Å². The zero-order chi connectivity index (χ0) is 32.0. The average Bonchev–Trinajstić information content (AvgIpc) is 3.44. The van der Waals surface area contributed by atoms with E-state index in [1.165, 1.54) is 82.0 Å². The fourth-order valence-corrected chi connectivity index (χ4v) is 6.91. The molecule has 0 bridgehead atoms. The second kappa shape index (κ2) is 17.9. The Morgan fingerprint density at radius 3 is 2.11 bits per heavy atom. The highest BCUT2D eigenvalue weighted by atomic mass is 32.1. The van der Waals surface area contributed by atoms with Crippen LogP contribution in [0.5, 0.6) is 5.75 Å². The molecule has 1 amide bonds. The number of hydrogen-bond donors (Lipinski definition) is 2. The van der Waals surface area contributed by atoms with Crippen molar-refractivity contribution < 1.29 is 9.90 Å². The van der Waals surface area contributed by atoms with Crippen LogP contribution in [0.25, 0.3) is 22.2 Å². The van der Waals surface area contributed by atoms with Crippen LogP contribution >= 0.6 is 11.3 Å². The molecule has 2 N–H and O–H groups in total. The Morgan fingerprint density at radius 2 is 1.47 bits per heavy atom. The lowest BCUT2D eigenvalue weighted by Crippen LogP contribution is -2.30. The first-order valence-corrected chi connectivity index (χ1v) is 17.9. The van der Waals surface area contributed by atoms with Gasteiger partial charge in [0.25, 0.3) is 11.5 Å². The maximum Gasteiger partial charge on any atom is 0.267 e. The van der Waals surface area contributed by atoms with E-state index in [0.717, 1.165) is 35.4 Å². The molecule has 7 heteroatoms. The largest absolute Gasteiger partial charge is 0.506 e. The van der Waals surface area contributed by atoms with Crippen LogP contribution in [0, 0.1) is 5.92 Å². The lowest BCUT2D eigenvalue weighted by atomic mass is 10.0. The molecule has 0 aliphatic rings. The number of carbonyl (C=O) groups is 1. The van der Waals surface area contributed by atoms with Gasteiger partial charge in [-0.2, -0.15) is 0 Å². The molecule has 0 aliphatic heterocycles. The summed E-state index contributed by atoms with van der Waals surface area (Å²) in [6.45, 7) is 6.93. The van der Waals surface area contributed by atoms with Gasteiger partial charge in [0.05, 0.1) is 11.2 Å². The predicted octanol–water partition coefficient (Wildman–Crippen LogP) is 10.4. The normalized spacial score (nSPS) is 11.5. The third-order valence-electron chi connectivity index (χ3n) is 8.53. The standard InChI is InChI=1S/C38H51N3O3S/c1-4-5-6-7-8-9-10-11-12-13-14-18-25-32-34(29-21-16-15-17-22-29)39-38(45-32)40-36(43)33-35(42)30-23-19-20-24-31(30)41(37(33)44)27-26-28(2)3/h15-17,19-24,28,42H,4-14,18,25-27H2,1-3H3,(H,39,40,43). The van der Waals surface area contributed by atoms with Gasteiger partial charge in [-0.1, -0.05) is 134 Å². The number of carbonyl (C=O) groups excluding carboxylic acids is 1. The number of nitrogens with one attached hydrogen (secondary N) is 1. The minimum absolute atomic E-state index is 0.239. The molecular weight excluding hydrogens is 579 g/mol. The van der Waals surface area contributed by atoms with E-state index < -0.39 is 11.5 Å². The van der Waals surface area contributed by atoms with Crippen LogP contribution in [0.1, 0.15) is 119 Å². The second-order valence-corrected chi connectivity index (χ2v) is 13.7. The third-order valence-corrected chi connectivity index (χ3v) is 9.56. The van der Waals surface area contributed by atoms with Crippen LogP contribution in [0.15, 0.2) is 59.4 Å². The number of para-hydroxylation sites is 1. The molecule has 0 radical (unpaired) electrons. The van der Waals surface area contributed by atoms with Crippen molar-refractivity contribution in [2.75, 3.05) is 5.32 Å². The molecule has 6 nitrogen and oxygen atoms in total. The number of hydrogen-bond acceptors (Lipinski definition) is 5. The quantitative estimate of drug-likeness (QED) is 0.101. The third kappa shape index (κ3) is 9.77. The molecule has 242 valence electrons. The lowest BCUT2D eigenvalue weighted by Gasteiger charge is -2.15. The van der Waals surface area contributed by atoms with Crippen LogP contribution in [-0.4, -0.2) is 20.6 Å². The van der Waals surface area contributed by atoms with Gasteiger partial charge < -0.3 is 9.67 Å². The minimum atomic E-state index is -0.633. The van der Waals surface area contributed by atoms with Crippen LogP contribution in [0.2, 0.25) is 0 Å². The molecule has 2 heterocycles. The fraction of sp³-hybridized carbons (Fsp3) is 0.500. The fourth-order valence-electron chi connectivity index (χ4n) is 5.89. The van der Waals surface area contributed by atoms with Crippen molar-refractivity contribution in [2.45, 2.75) is 117 Å². The summed E-state index contributed by atoms with van der Waals surface area (Å²) < 4.78 is 1.61. The first-order chi connectivity index (χ1) is 21.9. The van der Waals surface area contributed by atoms with E-state index in [1.807, 2.05) is 42.5 Å². The number of benzene rings is 2. The number of aryl methyl sites for hydroxylation is 2. The number of anilines is 1. The van der Waals surface area contributed by atoms with Gasteiger partial charge in [0.1, 0.15) is 11.3 Å². The van der Waals surface area contributed by atoms with E-state index >= 15 is 0 Å². The summed E-state index contributed by atoms with van der Waals surface area (Å²) in [5.74, 6) is -0.533. The van der Waals surface area contributed by atoms with E-state index in [4.69, 9.17) is 4.98 Å². The summed E-state index contributed by atoms with van der Waals surface area (Å²) in [6, 6.07) is 17.2. The van der Waals surface area contributed by atoms with Crippen LogP contribution in [0.3, 0.4) is 0 Å². The maximum absolute atomic E-state index is 13.6. The van der Waals surface area contributed by atoms with Gasteiger partial charge in [-0.25, -0.2) is 4.98 Å². The predicted molar refractivity (Wildman–Crippen MR) is 190 cm³/mol. The summed E-state index contributed by atoms with van der Waals surface area (Å²) in [7, 11) is 0. The number of amides is 1. The van der Waals surface area contributed by atoms with Crippen molar-refractivity contribution in [3.05, 3.63) is 75.4 Å². The van der Waals surface area contributed by atoms with Gasteiger partial charge in [-0.15, -0.1) is 11.3 Å². The maximum atomic E-state index is 13.6. The molecular formula is C38H51N3O3S. The Hall–Kier alpha value is -3.45. The highest BCUT2D eigenvalue weighted by molar-refractivity contribution is 7.16. The van der Waals surface area contributed by atoms with Gasteiger partial charge in [0, 0.05) is 22.4 Å². The topological polar surface area (TPSA) is 84.2 Å². The molecule has 0 atom stereocenters. The van der Waals surface area contributed by atoms with Gasteiger partial charge in [0.15, 0.2) is 5.13 Å². The smallest absolute Gasteiger partial charge is 0.267 e. The summed E-state index contributed by atoms with van der Waals surface area (Å²) in [4.78, 5) is 33.2. The van der Waals surface area contributed by atoms with Crippen molar-refractivity contribution in [1.82, 2.24) is 9.55 Å². The van der Waals surface area contributed by atoms with Crippen molar-refractivity contribution >= 4 is 33.3 Å². The van der Waals surface area contributed by atoms with Crippen LogP contribution in [-0.2, 0) is 13.0 Å². The Morgan fingerprint density at radius 1 is 0.867 bits per heavy atom. The molecule has 4 rings (SSSR count). The van der Waals surface area contributed by atoms with Gasteiger partial charge in [0.2, 0.25) is 0 Å². The second-order valence-electron chi connectivity index (χ2n) is 12.6. The van der Waals surface area contributed by atoms with E-state index in [9.17, 15) is 14.7 Å². The molecule has 45 heavy (non-hydrogen) atoms. The number of thiazole rings is 1.